The number of benzene rings is 5. The van der Waals surface area contributed by atoms with Crippen LogP contribution in [0.3, 0.4) is 0 Å². The Morgan fingerprint density at radius 2 is 1.40 bits per heavy atom. The molecule has 9 nitrogen and oxygen atoms in total. The fourth-order valence-corrected chi connectivity index (χ4v) is 6.29. The van der Waals surface area contributed by atoms with Crippen molar-refractivity contribution in [3.05, 3.63) is 161 Å². The van der Waals surface area contributed by atoms with Crippen molar-refractivity contribution in [1.82, 2.24) is 5.32 Å². The number of hydrogen-bond donors (Lipinski definition) is 4. The van der Waals surface area contributed by atoms with E-state index in [0.29, 0.717) is 21.8 Å². The van der Waals surface area contributed by atoms with E-state index in [4.69, 9.17) is 5.14 Å². The van der Waals surface area contributed by atoms with E-state index >= 15 is 0 Å². The van der Waals surface area contributed by atoms with E-state index < -0.39 is 27.1 Å². The first-order chi connectivity index (χ1) is 23.0. The molecule has 0 aliphatic carbocycles. The van der Waals surface area contributed by atoms with Gasteiger partial charge in [0.15, 0.2) is 0 Å². The van der Waals surface area contributed by atoms with Gasteiger partial charge in [-0.2, -0.15) is 0 Å². The molecule has 0 spiro atoms. The Morgan fingerprint density at radius 1 is 0.729 bits per heavy atom. The summed E-state index contributed by atoms with van der Waals surface area (Å²) in [5, 5.41) is 13.0. The third-order valence-electron chi connectivity index (χ3n) is 7.02. The van der Waals surface area contributed by atoms with Crippen LogP contribution in [0.1, 0.15) is 32.3 Å². The van der Waals surface area contributed by atoms with Crippen LogP contribution in [-0.4, -0.2) is 26.1 Å². The van der Waals surface area contributed by atoms with E-state index in [1.54, 1.807) is 54.6 Å². The standard InChI is InChI=1S/C37H32N4O5S2/c1-25-10-8-11-26(22-25)23-33(41-35(42)28-14-6-3-7-15-28)36(43)40-30-16-9-17-31(24-30)47-34(27-12-4-2-5-13-27)37(44)39-29-18-20-32(21-19-29)48(38,45)46/h2-24,34H,1H3,(H,39,44)(H,40,43)(H,41,42)(H2,38,45,46)/b33-23+. The summed E-state index contributed by atoms with van der Waals surface area (Å²) in [6.07, 6.45) is 1.62. The predicted molar refractivity (Wildman–Crippen MR) is 190 cm³/mol. The van der Waals surface area contributed by atoms with Gasteiger partial charge in [0.1, 0.15) is 10.9 Å². The third kappa shape index (κ3) is 9.29. The number of primary sulfonamides is 1. The van der Waals surface area contributed by atoms with Gasteiger partial charge in [0.25, 0.3) is 11.8 Å². The molecule has 0 aromatic heterocycles. The summed E-state index contributed by atoms with van der Waals surface area (Å²) in [6, 6.07) is 38.0. The van der Waals surface area contributed by atoms with Crippen molar-refractivity contribution < 1.29 is 22.8 Å². The second-order valence-electron chi connectivity index (χ2n) is 10.7. The first-order valence-corrected chi connectivity index (χ1v) is 17.2. The number of rotatable bonds is 11. The Balaban J connectivity index is 1.37. The maximum absolute atomic E-state index is 13.6. The van der Waals surface area contributed by atoms with Gasteiger partial charge in [-0.1, -0.05) is 84.4 Å². The largest absolute Gasteiger partial charge is 0.325 e. The summed E-state index contributed by atoms with van der Waals surface area (Å²) in [5.41, 5.74) is 3.81. The SMILES string of the molecule is Cc1cccc(/C=C(/NC(=O)c2ccccc2)C(=O)Nc2cccc(SC(C(=O)Nc3ccc(S(N)(=O)=O)cc3)c3ccccc3)c2)c1. The number of hydrogen-bond acceptors (Lipinski definition) is 6. The highest BCUT2D eigenvalue weighted by atomic mass is 32.2. The van der Waals surface area contributed by atoms with E-state index in [0.717, 1.165) is 16.7 Å². The fraction of sp³-hybridized carbons (Fsp3) is 0.0541. The van der Waals surface area contributed by atoms with Crippen LogP contribution in [0.25, 0.3) is 6.08 Å². The highest BCUT2D eigenvalue weighted by Gasteiger charge is 2.23. The first-order valence-electron chi connectivity index (χ1n) is 14.8. The molecule has 0 radical (unpaired) electrons. The molecule has 0 saturated carbocycles. The van der Waals surface area contributed by atoms with Crippen molar-refractivity contribution in [1.29, 1.82) is 0 Å². The second-order valence-corrected chi connectivity index (χ2v) is 13.5. The van der Waals surface area contributed by atoms with Gasteiger partial charge in [-0.05, 0) is 78.7 Å². The number of anilines is 2. The van der Waals surface area contributed by atoms with E-state index in [1.807, 2.05) is 67.6 Å². The van der Waals surface area contributed by atoms with E-state index in [2.05, 4.69) is 16.0 Å². The van der Waals surface area contributed by atoms with E-state index in [9.17, 15) is 22.8 Å². The third-order valence-corrected chi connectivity index (χ3v) is 9.20. The van der Waals surface area contributed by atoms with Crippen molar-refractivity contribution in [3.8, 4) is 0 Å². The lowest BCUT2D eigenvalue weighted by Gasteiger charge is -2.18. The molecular formula is C37H32N4O5S2. The van der Waals surface area contributed by atoms with Gasteiger partial charge in [0.2, 0.25) is 15.9 Å². The second kappa shape index (κ2) is 15.4. The molecule has 0 aliphatic rings. The lowest BCUT2D eigenvalue weighted by Crippen LogP contribution is -2.30. The van der Waals surface area contributed by atoms with Crippen LogP contribution in [0, 0.1) is 6.92 Å². The number of nitrogens with two attached hydrogens (primary N) is 1. The molecule has 5 aromatic carbocycles. The normalized spacial score (nSPS) is 12.1. The minimum absolute atomic E-state index is 0.0579. The Labute approximate surface area is 283 Å². The molecule has 0 saturated heterocycles. The lowest BCUT2D eigenvalue weighted by atomic mass is 10.1. The molecule has 3 amide bonds. The quantitative estimate of drug-likeness (QED) is 0.0925. The molecule has 5 aromatic rings. The van der Waals surface area contributed by atoms with Gasteiger partial charge in [-0.25, -0.2) is 13.6 Å². The maximum Gasteiger partial charge on any atom is 0.272 e. The summed E-state index contributed by atoms with van der Waals surface area (Å²) in [6.45, 7) is 1.94. The van der Waals surface area contributed by atoms with Crippen molar-refractivity contribution in [2.24, 2.45) is 5.14 Å². The highest BCUT2D eigenvalue weighted by molar-refractivity contribution is 8.00. The summed E-state index contributed by atoms with van der Waals surface area (Å²) >= 11 is 1.27. The summed E-state index contributed by atoms with van der Waals surface area (Å²) in [4.78, 5) is 40.8. The van der Waals surface area contributed by atoms with Crippen LogP contribution in [0.4, 0.5) is 11.4 Å². The predicted octanol–water partition coefficient (Wildman–Crippen LogP) is 6.52. The molecular weight excluding hydrogens is 645 g/mol. The first kappa shape index (κ1) is 33.9. The maximum atomic E-state index is 13.6. The van der Waals surface area contributed by atoms with Gasteiger partial charge in [-0.3, -0.25) is 14.4 Å². The van der Waals surface area contributed by atoms with Gasteiger partial charge in [-0.15, -0.1) is 11.8 Å². The Kier molecular flexibility index (Phi) is 10.9. The minimum atomic E-state index is -3.87. The number of sulfonamides is 1. The molecule has 1 atom stereocenters. The zero-order valence-corrected chi connectivity index (χ0v) is 27.4. The van der Waals surface area contributed by atoms with Gasteiger partial charge >= 0.3 is 0 Å². The highest BCUT2D eigenvalue weighted by Crippen LogP contribution is 2.37. The van der Waals surface area contributed by atoms with Crippen molar-refractivity contribution in [2.45, 2.75) is 22.0 Å². The van der Waals surface area contributed by atoms with Crippen LogP contribution < -0.4 is 21.1 Å². The number of carbonyl (C=O) groups is 3. The Morgan fingerprint density at radius 3 is 2.06 bits per heavy atom. The molecule has 0 fully saturated rings. The number of carbonyl (C=O) groups excluding carboxylic acids is 3. The zero-order chi connectivity index (χ0) is 34.1. The molecule has 0 heterocycles. The number of amides is 3. The fourth-order valence-electron chi connectivity index (χ4n) is 4.69. The molecule has 0 aliphatic heterocycles. The molecule has 5 rings (SSSR count). The summed E-state index contributed by atoms with van der Waals surface area (Å²) in [7, 11) is -3.87. The average molecular weight is 677 g/mol. The number of thioether (sulfide) groups is 1. The van der Waals surface area contributed by atoms with Gasteiger partial charge in [0.05, 0.1) is 4.90 Å². The average Bonchev–Trinajstić information content (AvgIpc) is 3.07. The van der Waals surface area contributed by atoms with Crippen LogP contribution in [0.15, 0.2) is 149 Å². The smallest absolute Gasteiger partial charge is 0.272 e. The van der Waals surface area contributed by atoms with Crippen molar-refractivity contribution >= 4 is 57.0 Å². The van der Waals surface area contributed by atoms with Crippen molar-refractivity contribution in [2.75, 3.05) is 10.6 Å². The van der Waals surface area contributed by atoms with E-state index in [-0.39, 0.29) is 16.5 Å². The Bertz CT molecular complexity index is 2070. The van der Waals surface area contributed by atoms with Crippen LogP contribution in [0.5, 0.6) is 0 Å². The molecule has 1 unspecified atom stereocenters. The molecule has 5 N–H and O–H groups in total. The van der Waals surface area contributed by atoms with Crippen molar-refractivity contribution in [3.63, 3.8) is 0 Å². The monoisotopic (exact) mass is 676 g/mol. The van der Waals surface area contributed by atoms with Gasteiger partial charge < -0.3 is 16.0 Å². The summed E-state index contributed by atoms with van der Waals surface area (Å²) < 4.78 is 23.3. The van der Waals surface area contributed by atoms with Crippen LogP contribution >= 0.6 is 11.8 Å². The zero-order valence-electron chi connectivity index (χ0n) is 25.8. The summed E-state index contributed by atoms with van der Waals surface area (Å²) in [5.74, 6) is -1.29. The van der Waals surface area contributed by atoms with E-state index in [1.165, 1.54) is 36.0 Å². The minimum Gasteiger partial charge on any atom is -0.325 e. The number of aryl methyl sites for hydroxylation is 1. The van der Waals surface area contributed by atoms with Crippen LogP contribution in [-0.2, 0) is 19.6 Å². The molecule has 242 valence electrons. The molecule has 0 bridgehead atoms. The van der Waals surface area contributed by atoms with Gasteiger partial charge in [0, 0.05) is 21.8 Å². The Hall–Kier alpha value is -5.49. The molecule has 11 heteroatoms. The van der Waals surface area contributed by atoms with Crippen LogP contribution in [0.2, 0.25) is 0 Å². The number of nitrogens with one attached hydrogen (secondary N) is 3. The lowest BCUT2D eigenvalue weighted by molar-refractivity contribution is -0.116. The topological polar surface area (TPSA) is 147 Å². The molecule has 48 heavy (non-hydrogen) atoms.